The van der Waals surface area contributed by atoms with Crippen LogP contribution in [0.5, 0.6) is 0 Å². The minimum Gasteiger partial charge on any atom is -0.393 e. The summed E-state index contributed by atoms with van der Waals surface area (Å²) < 4.78 is 1.39. The Balaban J connectivity index is 1.78. The number of hydrogen-bond acceptors (Lipinski definition) is 6. The summed E-state index contributed by atoms with van der Waals surface area (Å²) in [5.41, 5.74) is 1.18. The first-order valence-electron chi connectivity index (χ1n) is 7.83. The number of rotatable bonds is 4. The number of nitrogens with zero attached hydrogens (tertiary/aromatic N) is 4. The zero-order valence-corrected chi connectivity index (χ0v) is 14.2. The Labute approximate surface area is 144 Å². The number of anilines is 1. The molecule has 128 valence electrons. The van der Waals surface area contributed by atoms with Crippen LogP contribution in [0.4, 0.5) is 5.69 Å². The van der Waals surface area contributed by atoms with Gasteiger partial charge in [-0.2, -0.15) is 0 Å². The van der Waals surface area contributed by atoms with Gasteiger partial charge in [-0.05, 0) is 18.6 Å². The summed E-state index contributed by atoms with van der Waals surface area (Å²) in [6.07, 6.45) is 1.32. The average molecular weight is 348 g/mol. The molecule has 0 saturated carbocycles. The van der Waals surface area contributed by atoms with Crippen molar-refractivity contribution in [1.82, 2.24) is 15.0 Å². The minimum atomic E-state index is -1.08. The van der Waals surface area contributed by atoms with Crippen LogP contribution >= 0.6 is 11.8 Å². The Bertz CT molecular complexity index is 721. The molecule has 2 atom stereocenters. The molecule has 1 aliphatic heterocycles. The van der Waals surface area contributed by atoms with Crippen molar-refractivity contribution in [3.8, 4) is 0 Å². The lowest BCUT2D eigenvalue weighted by atomic mass is 10.2. The molecule has 1 aromatic heterocycles. The smallest absolute Gasteiger partial charge is 0.248 e. The van der Waals surface area contributed by atoms with E-state index in [9.17, 15) is 9.90 Å². The fourth-order valence-corrected chi connectivity index (χ4v) is 3.72. The van der Waals surface area contributed by atoms with E-state index >= 15 is 0 Å². The van der Waals surface area contributed by atoms with E-state index in [2.05, 4.69) is 17.2 Å². The van der Waals surface area contributed by atoms with Crippen LogP contribution in [0.25, 0.3) is 0 Å². The van der Waals surface area contributed by atoms with Gasteiger partial charge in [0.25, 0.3) is 0 Å². The Morgan fingerprint density at radius 3 is 3.04 bits per heavy atom. The van der Waals surface area contributed by atoms with E-state index in [4.69, 9.17) is 5.11 Å². The van der Waals surface area contributed by atoms with Crippen molar-refractivity contribution in [2.45, 2.75) is 36.1 Å². The van der Waals surface area contributed by atoms with E-state index in [1.807, 2.05) is 24.3 Å². The molecule has 1 amide bonds. The molecule has 0 spiro atoms. The van der Waals surface area contributed by atoms with E-state index < -0.39 is 12.7 Å². The maximum atomic E-state index is 12.8. The van der Waals surface area contributed by atoms with Gasteiger partial charge in [-0.25, -0.2) is 4.68 Å². The van der Waals surface area contributed by atoms with E-state index in [0.717, 1.165) is 17.0 Å². The van der Waals surface area contributed by atoms with Crippen LogP contribution in [0.2, 0.25) is 0 Å². The Morgan fingerprint density at radius 2 is 2.25 bits per heavy atom. The lowest BCUT2D eigenvalue weighted by Crippen LogP contribution is -2.35. The number of amides is 1. The molecule has 2 aromatic rings. The maximum Gasteiger partial charge on any atom is 0.248 e. The Morgan fingerprint density at radius 1 is 1.46 bits per heavy atom. The first kappa shape index (κ1) is 16.9. The fraction of sp³-hybridized carbons (Fsp3) is 0.438. The van der Waals surface area contributed by atoms with Crippen molar-refractivity contribution in [2.24, 2.45) is 0 Å². The van der Waals surface area contributed by atoms with Gasteiger partial charge in [-0.3, -0.25) is 4.79 Å². The van der Waals surface area contributed by atoms with Gasteiger partial charge in [-0.1, -0.05) is 24.3 Å². The molecule has 0 saturated heterocycles. The third-order valence-electron chi connectivity index (χ3n) is 3.91. The first-order valence-corrected chi connectivity index (χ1v) is 8.71. The number of hydrogen-bond donors (Lipinski definition) is 2. The number of benzene rings is 1. The van der Waals surface area contributed by atoms with Crippen molar-refractivity contribution < 1.29 is 15.0 Å². The van der Waals surface area contributed by atoms with E-state index in [-0.39, 0.29) is 18.1 Å². The predicted octanol–water partition coefficient (Wildman–Crippen LogP) is 1.22. The summed E-state index contributed by atoms with van der Waals surface area (Å²) in [6.45, 7) is 2.43. The molecular weight excluding hydrogens is 328 g/mol. The summed E-state index contributed by atoms with van der Waals surface area (Å²) in [5.74, 6) is -0.0768. The lowest BCUT2D eigenvalue weighted by Gasteiger charge is -2.22. The van der Waals surface area contributed by atoms with Crippen LogP contribution in [0.1, 0.15) is 25.1 Å². The van der Waals surface area contributed by atoms with Crippen LogP contribution in [0.15, 0.2) is 35.4 Å². The number of para-hydroxylation sites is 1. The first-order chi connectivity index (χ1) is 11.6. The number of carbonyl (C=O) groups is 1. The lowest BCUT2D eigenvalue weighted by molar-refractivity contribution is -0.119. The van der Waals surface area contributed by atoms with Crippen molar-refractivity contribution in [3.63, 3.8) is 0 Å². The number of aliphatic hydroxyl groups is 2. The van der Waals surface area contributed by atoms with Crippen LogP contribution in [0, 0.1) is 0 Å². The monoisotopic (exact) mass is 348 g/mol. The summed E-state index contributed by atoms with van der Waals surface area (Å²) in [7, 11) is 0. The van der Waals surface area contributed by atoms with E-state index in [0.29, 0.717) is 11.8 Å². The molecule has 7 nitrogen and oxygen atoms in total. The van der Waals surface area contributed by atoms with Crippen molar-refractivity contribution in [1.29, 1.82) is 0 Å². The normalized spacial score (nSPS) is 18.8. The predicted molar refractivity (Wildman–Crippen MR) is 90.8 cm³/mol. The molecule has 1 aliphatic rings. The molecule has 1 unspecified atom stereocenters. The highest BCUT2D eigenvalue weighted by Gasteiger charge is 2.24. The van der Waals surface area contributed by atoms with Gasteiger partial charge in [0.1, 0.15) is 18.3 Å². The molecule has 0 fully saturated rings. The minimum absolute atomic E-state index is 0.0402. The Hall–Kier alpha value is -1.90. The number of carbonyl (C=O) groups excluding carboxylic acids is 1. The van der Waals surface area contributed by atoms with Crippen LogP contribution in [-0.2, 0) is 11.3 Å². The van der Waals surface area contributed by atoms with Gasteiger partial charge in [0.2, 0.25) is 5.91 Å². The summed E-state index contributed by atoms with van der Waals surface area (Å²) in [5, 5.41) is 26.6. The topological polar surface area (TPSA) is 91.5 Å². The van der Waals surface area contributed by atoms with Gasteiger partial charge in [0.05, 0.1) is 18.5 Å². The van der Waals surface area contributed by atoms with Crippen LogP contribution < -0.4 is 4.90 Å². The van der Waals surface area contributed by atoms with Crippen molar-refractivity contribution in [3.05, 3.63) is 36.2 Å². The molecule has 24 heavy (non-hydrogen) atoms. The highest BCUT2D eigenvalue weighted by Crippen LogP contribution is 2.37. The summed E-state index contributed by atoms with van der Waals surface area (Å²) in [6, 6.07) is 7.90. The van der Waals surface area contributed by atoms with Gasteiger partial charge in [0.15, 0.2) is 0 Å². The van der Waals surface area contributed by atoms with Gasteiger partial charge in [-0.15, -0.1) is 16.9 Å². The molecular formula is C16H20N4O3S. The maximum absolute atomic E-state index is 12.8. The fourth-order valence-electron chi connectivity index (χ4n) is 2.61. The average Bonchev–Trinajstić information content (AvgIpc) is 2.96. The summed E-state index contributed by atoms with van der Waals surface area (Å²) in [4.78, 5) is 15.6. The van der Waals surface area contributed by atoms with E-state index in [1.54, 1.807) is 16.7 Å². The molecule has 2 N–H and O–H groups in total. The number of fused-ring (bicyclic) bond motifs is 1. The summed E-state index contributed by atoms with van der Waals surface area (Å²) >= 11 is 1.78. The molecule has 0 radical (unpaired) electrons. The number of aromatic nitrogens is 3. The third-order valence-corrected chi connectivity index (χ3v) is 5.15. The second-order valence-electron chi connectivity index (χ2n) is 5.77. The largest absolute Gasteiger partial charge is 0.393 e. The second-order valence-corrected chi connectivity index (χ2v) is 7.25. The number of thioether (sulfide) groups is 1. The highest BCUT2D eigenvalue weighted by atomic mass is 32.2. The van der Waals surface area contributed by atoms with Gasteiger partial charge >= 0.3 is 0 Å². The Kier molecular flexibility index (Phi) is 5.17. The quantitative estimate of drug-likeness (QED) is 0.863. The second kappa shape index (κ2) is 7.33. The molecule has 0 aliphatic carbocycles. The highest BCUT2D eigenvalue weighted by molar-refractivity contribution is 8.00. The SMILES string of the molecule is CC1CCN(C(=O)Cn2cc([C@H](O)CO)nn2)c2ccccc2S1. The zero-order valence-electron chi connectivity index (χ0n) is 13.4. The van der Waals surface area contributed by atoms with Crippen LogP contribution in [-0.4, -0.2) is 49.5 Å². The standard InChI is InChI=1S/C16H20N4O3S/c1-11-6-7-20(13-4-2-3-5-15(13)24-11)16(23)9-19-8-12(17-18-19)14(22)10-21/h2-5,8,11,14,21-22H,6-7,9-10H2,1H3/t11?,14-/m1/s1. The molecule has 8 heteroatoms. The van der Waals surface area contributed by atoms with Crippen molar-refractivity contribution in [2.75, 3.05) is 18.1 Å². The molecule has 2 heterocycles. The van der Waals surface area contributed by atoms with Crippen molar-refractivity contribution >= 4 is 23.4 Å². The van der Waals surface area contributed by atoms with E-state index in [1.165, 1.54) is 10.9 Å². The zero-order chi connectivity index (χ0) is 17.1. The molecule has 1 aromatic carbocycles. The van der Waals surface area contributed by atoms with Gasteiger partial charge < -0.3 is 15.1 Å². The van der Waals surface area contributed by atoms with Crippen LogP contribution in [0.3, 0.4) is 0 Å². The number of aliphatic hydroxyl groups excluding tert-OH is 2. The van der Waals surface area contributed by atoms with Gasteiger partial charge in [0, 0.05) is 16.7 Å². The third kappa shape index (κ3) is 3.61. The molecule has 3 rings (SSSR count). The molecule has 0 bridgehead atoms.